The minimum Gasteiger partial charge on any atom is -0.469 e. The van der Waals surface area contributed by atoms with Gasteiger partial charge in [-0.2, -0.15) is 0 Å². The summed E-state index contributed by atoms with van der Waals surface area (Å²) in [7, 11) is 1.49. The molecule has 4 nitrogen and oxygen atoms in total. The van der Waals surface area contributed by atoms with E-state index in [9.17, 15) is 4.79 Å². The minimum absolute atomic E-state index is 0.0264. The molecule has 1 saturated heterocycles. The van der Waals surface area contributed by atoms with Crippen LogP contribution in [0.5, 0.6) is 0 Å². The molecule has 0 bridgehead atoms. The standard InChI is InChI=1S/C28H43ClN2O2/c1-20(2)26(30-18-21-7-6-8-23(17-21)27(32)33-5)14-16-31-15-13-25(28(3,4)19-31)22-9-11-24(29)12-10-22/h7,9-12,20,23,25-26,30H,6,8,13-19H2,1-5H3. The Hall–Kier alpha value is -1.36. The van der Waals surface area contributed by atoms with Gasteiger partial charge in [-0.05, 0) is 80.1 Å². The lowest BCUT2D eigenvalue weighted by molar-refractivity contribution is -0.145. The van der Waals surface area contributed by atoms with E-state index < -0.39 is 0 Å². The van der Waals surface area contributed by atoms with Crippen LogP contribution >= 0.6 is 11.6 Å². The number of rotatable bonds is 9. The van der Waals surface area contributed by atoms with E-state index in [2.05, 4.69) is 56.1 Å². The Morgan fingerprint density at radius 1 is 1.24 bits per heavy atom. The average molecular weight is 475 g/mol. The van der Waals surface area contributed by atoms with Crippen molar-refractivity contribution in [3.05, 3.63) is 46.5 Å². The number of esters is 1. The first kappa shape index (κ1) is 26.2. The fourth-order valence-corrected chi connectivity index (χ4v) is 5.86. The van der Waals surface area contributed by atoms with Crippen molar-refractivity contribution in [3.63, 3.8) is 0 Å². The Morgan fingerprint density at radius 3 is 2.61 bits per heavy atom. The summed E-state index contributed by atoms with van der Waals surface area (Å²) in [6.45, 7) is 13.7. The Labute approximate surface area is 206 Å². The van der Waals surface area contributed by atoms with Crippen molar-refractivity contribution in [2.24, 2.45) is 17.3 Å². The van der Waals surface area contributed by atoms with Crippen LogP contribution in [0.4, 0.5) is 0 Å². The number of piperidine rings is 1. The van der Waals surface area contributed by atoms with Crippen LogP contribution in [0, 0.1) is 17.3 Å². The number of nitrogens with one attached hydrogen (secondary N) is 1. The lowest BCUT2D eigenvalue weighted by atomic mass is 9.70. The van der Waals surface area contributed by atoms with Crippen LogP contribution in [0.15, 0.2) is 35.9 Å². The van der Waals surface area contributed by atoms with Crippen LogP contribution in [0.3, 0.4) is 0 Å². The third kappa shape index (κ3) is 7.31. The SMILES string of the molecule is COC(=O)C1CCC=C(CNC(CCN2CCC(c3ccc(Cl)cc3)C(C)(C)C2)C(C)C)C1. The van der Waals surface area contributed by atoms with E-state index in [0.29, 0.717) is 17.9 Å². The van der Waals surface area contributed by atoms with Crippen LogP contribution < -0.4 is 5.32 Å². The van der Waals surface area contributed by atoms with E-state index in [1.54, 1.807) is 0 Å². The monoisotopic (exact) mass is 474 g/mol. The summed E-state index contributed by atoms with van der Waals surface area (Å²) in [6, 6.07) is 8.92. The molecule has 0 aromatic heterocycles. The summed E-state index contributed by atoms with van der Waals surface area (Å²) >= 11 is 6.11. The lowest BCUT2D eigenvalue weighted by Gasteiger charge is -2.45. The molecule has 0 amide bonds. The molecule has 1 aromatic carbocycles. The van der Waals surface area contributed by atoms with Crippen molar-refractivity contribution in [1.82, 2.24) is 10.2 Å². The zero-order valence-electron chi connectivity index (χ0n) is 21.2. The van der Waals surface area contributed by atoms with Crippen LogP contribution in [0.1, 0.15) is 71.3 Å². The van der Waals surface area contributed by atoms with E-state index in [1.807, 2.05) is 12.1 Å². The normalized spacial score (nSPS) is 24.4. The van der Waals surface area contributed by atoms with Gasteiger partial charge in [-0.25, -0.2) is 0 Å². The van der Waals surface area contributed by atoms with Crippen LogP contribution in [0.2, 0.25) is 5.02 Å². The number of carbonyl (C=O) groups excluding carboxylic acids is 1. The second-order valence-electron chi connectivity index (χ2n) is 11.0. The molecule has 5 heteroatoms. The van der Waals surface area contributed by atoms with E-state index in [-0.39, 0.29) is 17.3 Å². The van der Waals surface area contributed by atoms with Crippen molar-refractivity contribution in [3.8, 4) is 0 Å². The molecule has 3 unspecified atom stereocenters. The highest BCUT2D eigenvalue weighted by molar-refractivity contribution is 6.30. The number of carbonyl (C=O) groups is 1. The molecule has 3 atom stereocenters. The van der Waals surface area contributed by atoms with Crippen molar-refractivity contribution in [1.29, 1.82) is 0 Å². The van der Waals surface area contributed by atoms with E-state index >= 15 is 0 Å². The van der Waals surface area contributed by atoms with Crippen LogP contribution in [-0.4, -0.2) is 50.2 Å². The number of halogens is 1. The quantitative estimate of drug-likeness (QED) is 0.349. The third-order valence-electron chi connectivity index (χ3n) is 7.72. The first-order valence-electron chi connectivity index (χ1n) is 12.7. The molecule has 0 radical (unpaired) electrons. The maximum atomic E-state index is 11.9. The molecule has 2 aliphatic rings. The van der Waals surface area contributed by atoms with Gasteiger partial charge in [0.05, 0.1) is 13.0 Å². The third-order valence-corrected chi connectivity index (χ3v) is 7.98. The van der Waals surface area contributed by atoms with Gasteiger partial charge in [0.15, 0.2) is 0 Å². The van der Waals surface area contributed by atoms with Gasteiger partial charge in [0.2, 0.25) is 0 Å². The van der Waals surface area contributed by atoms with E-state index in [1.165, 1.54) is 24.7 Å². The van der Waals surface area contributed by atoms with Gasteiger partial charge in [-0.15, -0.1) is 0 Å². The summed E-state index contributed by atoms with van der Waals surface area (Å²) < 4.78 is 4.97. The molecule has 1 aliphatic carbocycles. The van der Waals surface area contributed by atoms with Crippen molar-refractivity contribution in [2.45, 2.75) is 71.8 Å². The molecule has 1 aliphatic heterocycles. The summed E-state index contributed by atoms with van der Waals surface area (Å²) in [5, 5.41) is 4.62. The molecule has 1 fully saturated rings. The molecule has 33 heavy (non-hydrogen) atoms. The van der Waals surface area contributed by atoms with Crippen LogP contribution in [0.25, 0.3) is 0 Å². The smallest absolute Gasteiger partial charge is 0.308 e. The van der Waals surface area contributed by atoms with Gasteiger partial charge in [0.25, 0.3) is 0 Å². The molecular weight excluding hydrogens is 432 g/mol. The Bertz CT molecular complexity index is 803. The number of hydrogen-bond acceptors (Lipinski definition) is 4. The fraction of sp³-hybridized carbons (Fsp3) is 0.679. The lowest BCUT2D eigenvalue weighted by Crippen LogP contribution is -2.46. The predicted octanol–water partition coefficient (Wildman–Crippen LogP) is 6.06. The number of methoxy groups -OCH3 is 1. The summed E-state index contributed by atoms with van der Waals surface area (Å²) in [6.07, 6.45) is 7.36. The minimum atomic E-state index is -0.0642. The zero-order valence-corrected chi connectivity index (χ0v) is 22.0. The van der Waals surface area contributed by atoms with Crippen molar-refractivity contribution in [2.75, 3.05) is 33.3 Å². The Kier molecular flexibility index (Phi) is 9.43. The van der Waals surface area contributed by atoms with Crippen molar-refractivity contribution < 1.29 is 9.53 Å². The molecule has 3 rings (SSSR count). The van der Waals surface area contributed by atoms with Gasteiger partial charge in [-0.3, -0.25) is 4.79 Å². The predicted molar refractivity (Wildman–Crippen MR) is 138 cm³/mol. The molecule has 1 aromatic rings. The zero-order chi connectivity index (χ0) is 24.0. The van der Waals surface area contributed by atoms with Gasteiger partial charge >= 0.3 is 5.97 Å². The van der Waals surface area contributed by atoms with E-state index in [0.717, 1.165) is 56.9 Å². The topological polar surface area (TPSA) is 41.6 Å². The van der Waals surface area contributed by atoms with Crippen LogP contribution in [-0.2, 0) is 9.53 Å². The molecule has 0 saturated carbocycles. The number of allylic oxidation sites excluding steroid dienone is 1. The number of benzene rings is 1. The molecule has 1 heterocycles. The first-order chi connectivity index (χ1) is 15.7. The first-order valence-corrected chi connectivity index (χ1v) is 13.0. The summed E-state index contributed by atoms with van der Waals surface area (Å²) in [4.78, 5) is 14.6. The second-order valence-corrected chi connectivity index (χ2v) is 11.5. The van der Waals surface area contributed by atoms with Gasteiger partial charge in [0, 0.05) is 24.2 Å². The highest BCUT2D eigenvalue weighted by Crippen LogP contribution is 2.42. The Morgan fingerprint density at radius 2 is 1.97 bits per heavy atom. The fourth-order valence-electron chi connectivity index (χ4n) is 5.73. The summed E-state index contributed by atoms with van der Waals surface area (Å²) in [5.41, 5.74) is 3.01. The van der Waals surface area contributed by atoms with Gasteiger partial charge in [0.1, 0.15) is 0 Å². The molecular formula is C28H43ClN2O2. The molecule has 1 N–H and O–H groups in total. The molecule has 0 spiro atoms. The number of nitrogens with zero attached hydrogens (tertiary/aromatic N) is 1. The molecule has 184 valence electrons. The largest absolute Gasteiger partial charge is 0.469 e. The number of likely N-dealkylation sites (tertiary alicyclic amines) is 1. The average Bonchev–Trinajstić information content (AvgIpc) is 2.78. The highest BCUT2D eigenvalue weighted by atomic mass is 35.5. The number of hydrogen-bond donors (Lipinski definition) is 1. The van der Waals surface area contributed by atoms with Gasteiger partial charge in [-0.1, -0.05) is 63.1 Å². The summed E-state index contributed by atoms with van der Waals surface area (Å²) in [5.74, 6) is 1.11. The second kappa shape index (κ2) is 11.9. The van der Waals surface area contributed by atoms with E-state index in [4.69, 9.17) is 16.3 Å². The number of ether oxygens (including phenoxy) is 1. The van der Waals surface area contributed by atoms with Crippen molar-refractivity contribution >= 4 is 17.6 Å². The maximum Gasteiger partial charge on any atom is 0.308 e. The Balaban J connectivity index is 1.49. The van der Waals surface area contributed by atoms with Gasteiger partial charge < -0.3 is 15.0 Å². The highest BCUT2D eigenvalue weighted by Gasteiger charge is 2.36. The maximum absolute atomic E-state index is 11.9.